The molecule has 1 saturated heterocycles. The van der Waals surface area contributed by atoms with Crippen LogP contribution in [0.25, 0.3) is 0 Å². The number of nitrogens with zero attached hydrogens (tertiary/aromatic N) is 1. The third-order valence-corrected chi connectivity index (χ3v) is 4.01. The van der Waals surface area contributed by atoms with Crippen LogP contribution in [0.1, 0.15) is 31.4 Å². The third kappa shape index (κ3) is 3.16. The number of hydrogen-bond acceptors (Lipinski definition) is 3. The predicted molar refractivity (Wildman–Crippen MR) is 73.4 cm³/mol. The van der Waals surface area contributed by atoms with Crippen molar-refractivity contribution in [3.8, 4) is 0 Å². The zero-order valence-electron chi connectivity index (χ0n) is 9.56. The highest BCUT2D eigenvalue weighted by Gasteiger charge is 2.31. The van der Waals surface area contributed by atoms with Crippen molar-refractivity contribution in [2.75, 3.05) is 6.61 Å². The molecule has 0 saturated carbocycles. The summed E-state index contributed by atoms with van der Waals surface area (Å²) in [6.07, 6.45) is 2.06. The molecule has 1 heterocycles. The van der Waals surface area contributed by atoms with Crippen molar-refractivity contribution < 1.29 is 9.66 Å². The fraction of sp³-hybridized carbons (Fsp3) is 0.500. The van der Waals surface area contributed by atoms with Gasteiger partial charge in [-0.15, -0.1) is 0 Å². The van der Waals surface area contributed by atoms with Crippen molar-refractivity contribution in [2.24, 2.45) is 0 Å². The molecule has 2 unspecified atom stereocenters. The van der Waals surface area contributed by atoms with Crippen LogP contribution in [0.4, 0.5) is 5.69 Å². The van der Waals surface area contributed by atoms with E-state index < -0.39 is 0 Å². The highest BCUT2D eigenvalue weighted by Crippen LogP contribution is 2.40. The van der Waals surface area contributed by atoms with Gasteiger partial charge in [-0.25, -0.2) is 0 Å². The summed E-state index contributed by atoms with van der Waals surface area (Å²) in [6, 6.07) is 6.66. The molecular weight excluding hydrogens is 333 g/mol. The predicted octanol–water partition coefficient (Wildman–Crippen LogP) is 3.64. The average Bonchev–Trinajstić information content (AvgIpc) is 2.28. The summed E-state index contributed by atoms with van der Waals surface area (Å²) in [5, 5.41) is 10.6. The molecule has 0 N–H and O–H groups in total. The van der Waals surface area contributed by atoms with E-state index in [0.717, 1.165) is 25.0 Å². The Labute approximate surface area is 114 Å². The van der Waals surface area contributed by atoms with Crippen LogP contribution in [0.2, 0.25) is 0 Å². The maximum atomic E-state index is 10.6. The van der Waals surface area contributed by atoms with Crippen molar-refractivity contribution >= 4 is 28.3 Å². The summed E-state index contributed by atoms with van der Waals surface area (Å²) in [6.45, 7) is 2.97. The van der Waals surface area contributed by atoms with Gasteiger partial charge >= 0.3 is 0 Å². The van der Waals surface area contributed by atoms with E-state index in [4.69, 9.17) is 4.74 Å². The van der Waals surface area contributed by atoms with Gasteiger partial charge in [-0.05, 0) is 30.5 Å². The van der Waals surface area contributed by atoms with Gasteiger partial charge in [0, 0.05) is 22.2 Å². The summed E-state index contributed by atoms with van der Waals surface area (Å²) < 4.78 is 5.98. The first-order valence-corrected chi connectivity index (χ1v) is 6.61. The summed E-state index contributed by atoms with van der Waals surface area (Å²) in [5.74, 6) is 0. The molecule has 17 heavy (non-hydrogen) atoms. The lowest BCUT2D eigenvalue weighted by atomic mass is 9.93. The first-order chi connectivity index (χ1) is 7.98. The molecule has 92 valence electrons. The number of non-ortho nitro benzene ring substituents is 1. The molecule has 0 bridgehead atoms. The summed E-state index contributed by atoms with van der Waals surface area (Å²) in [7, 11) is 0. The minimum Gasteiger partial charge on any atom is -0.373 e. The molecule has 2 atom stereocenters. The standard InChI is InChI=1S/C12H14INO3/c1-12(13)6-7-17-11(8-12)9-2-4-10(5-3-9)14(15)16/h2-5,11H,6-8H2,1H3. The molecule has 0 spiro atoms. The fourth-order valence-corrected chi connectivity index (χ4v) is 2.61. The van der Waals surface area contributed by atoms with Crippen LogP contribution in [0.5, 0.6) is 0 Å². The van der Waals surface area contributed by atoms with Crippen LogP contribution in [0, 0.1) is 10.1 Å². The summed E-state index contributed by atoms with van der Waals surface area (Å²) >= 11 is 2.46. The second-order valence-corrected chi connectivity index (χ2v) is 7.18. The summed E-state index contributed by atoms with van der Waals surface area (Å²) in [5.41, 5.74) is 1.15. The van der Waals surface area contributed by atoms with Gasteiger partial charge in [0.15, 0.2) is 0 Å². The molecule has 4 nitrogen and oxygen atoms in total. The minimum absolute atomic E-state index is 0.0615. The van der Waals surface area contributed by atoms with Crippen molar-refractivity contribution in [1.82, 2.24) is 0 Å². The molecule has 1 aliphatic heterocycles. The van der Waals surface area contributed by atoms with E-state index in [1.165, 1.54) is 12.1 Å². The Hall–Kier alpha value is -0.690. The lowest BCUT2D eigenvalue weighted by molar-refractivity contribution is -0.384. The SMILES string of the molecule is CC1(I)CCOC(c2ccc([N+](=O)[O-])cc2)C1. The lowest BCUT2D eigenvalue weighted by Crippen LogP contribution is -2.28. The molecule has 1 aromatic carbocycles. The van der Waals surface area contributed by atoms with Crippen LogP contribution in [0.3, 0.4) is 0 Å². The molecule has 1 aromatic rings. The van der Waals surface area contributed by atoms with E-state index in [-0.39, 0.29) is 20.1 Å². The number of halogens is 1. The number of nitro groups is 1. The molecule has 0 amide bonds. The Kier molecular flexibility index (Phi) is 3.67. The quantitative estimate of drug-likeness (QED) is 0.355. The van der Waals surface area contributed by atoms with Gasteiger partial charge in [-0.3, -0.25) is 10.1 Å². The number of hydrogen-bond donors (Lipinski definition) is 0. The van der Waals surface area contributed by atoms with E-state index >= 15 is 0 Å². The average molecular weight is 347 g/mol. The second kappa shape index (κ2) is 4.89. The van der Waals surface area contributed by atoms with Crippen LogP contribution >= 0.6 is 22.6 Å². The number of alkyl halides is 1. The van der Waals surface area contributed by atoms with E-state index in [1.54, 1.807) is 12.1 Å². The van der Waals surface area contributed by atoms with Crippen molar-refractivity contribution in [3.05, 3.63) is 39.9 Å². The highest BCUT2D eigenvalue weighted by atomic mass is 127. The van der Waals surface area contributed by atoms with Crippen LogP contribution < -0.4 is 0 Å². The number of rotatable bonds is 2. The normalized spacial score (nSPS) is 28.9. The first kappa shape index (κ1) is 12.8. The van der Waals surface area contributed by atoms with Crippen molar-refractivity contribution in [2.45, 2.75) is 29.3 Å². The van der Waals surface area contributed by atoms with E-state index in [1.807, 2.05) is 0 Å². The first-order valence-electron chi connectivity index (χ1n) is 5.53. The Morgan fingerprint density at radius 3 is 2.65 bits per heavy atom. The maximum Gasteiger partial charge on any atom is 0.269 e. The smallest absolute Gasteiger partial charge is 0.269 e. The minimum atomic E-state index is -0.381. The van der Waals surface area contributed by atoms with Gasteiger partial charge in [-0.1, -0.05) is 29.5 Å². The Balaban J connectivity index is 2.14. The molecule has 5 heteroatoms. The van der Waals surface area contributed by atoms with Gasteiger partial charge in [0.1, 0.15) is 0 Å². The molecule has 1 fully saturated rings. The Morgan fingerprint density at radius 2 is 2.12 bits per heavy atom. The maximum absolute atomic E-state index is 10.6. The summed E-state index contributed by atoms with van der Waals surface area (Å²) in [4.78, 5) is 10.2. The topological polar surface area (TPSA) is 52.4 Å². The Bertz CT molecular complexity index is 416. The number of nitro benzene ring substituents is 1. The number of benzene rings is 1. The molecule has 2 rings (SSSR count). The van der Waals surface area contributed by atoms with E-state index in [2.05, 4.69) is 29.5 Å². The second-order valence-electron chi connectivity index (χ2n) is 4.58. The molecular formula is C12H14INO3. The molecule has 0 radical (unpaired) electrons. The van der Waals surface area contributed by atoms with Crippen LogP contribution in [-0.4, -0.2) is 15.0 Å². The van der Waals surface area contributed by atoms with Crippen LogP contribution in [0.15, 0.2) is 24.3 Å². The van der Waals surface area contributed by atoms with Gasteiger partial charge in [0.2, 0.25) is 0 Å². The molecule has 0 aromatic heterocycles. The van der Waals surface area contributed by atoms with Gasteiger partial charge in [0.05, 0.1) is 11.0 Å². The van der Waals surface area contributed by atoms with Gasteiger partial charge in [0.25, 0.3) is 5.69 Å². The van der Waals surface area contributed by atoms with Crippen molar-refractivity contribution in [1.29, 1.82) is 0 Å². The van der Waals surface area contributed by atoms with Gasteiger partial charge < -0.3 is 4.74 Å². The van der Waals surface area contributed by atoms with Gasteiger partial charge in [-0.2, -0.15) is 0 Å². The monoisotopic (exact) mass is 347 g/mol. The third-order valence-electron chi connectivity index (χ3n) is 3.03. The molecule has 1 aliphatic rings. The number of ether oxygens (including phenoxy) is 1. The van der Waals surface area contributed by atoms with E-state index in [0.29, 0.717) is 0 Å². The zero-order chi connectivity index (χ0) is 12.5. The highest BCUT2D eigenvalue weighted by molar-refractivity contribution is 14.1. The molecule has 0 aliphatic carbocycles. The Morgan fingerprint density at radius 1 is 1.47 bits per heavy atom. The van der Waals surface area contributed by atoms with E-state index in [9.17, 15) is 10.1 Å². The van der Waals surface area contributed by atoms with Crippen molar-refractivity contribution in [3.63, 3.8) is 0 Å². The lowest BCUT2D eigenvalue weighted by Gasteiger charge is -2.34. The largest absolute Gasteiger partial charge is 0.373 e. The van der Waals surface area contributed by atoms with Crippen LogP contribution in [-0.2, 0) is 4.74 Å². The fourth-order valence-electron chi connectivity index (χ4n) is 1.99. The zero-order valence-corrected chi connectivity index (χ0v) is 11.7.